The van der Waals surface area contributed by atoms with Crippen LogP contribution in [0.15, 0.2) is 48.5 Å². The van der Waals surface area contributed by atoms with E-state index in [9.17, 15) is 9.59 Å². The Morgan fingerprint density at radius 2 is 1.61 bits per heavy atom. The van der Waals surface area contributed by atoms with Gasteiger partial charge in [-0.05, 0) is 43.3 Å². The maximum absolute atomic E-state index is 12.0. The van der Waals surface area contributed by atoms with Gasteiger partial charge in [0.1, 0.15) is 22.8 Å². The number of para-hydroxylation sites is 1. The molecule has 120 valence electrons. The molecule has 2 aromatic carbocycles. The van der Waals surface area contributed by atoms with E-state index in [0.29, 0.717) is 11.5 Å². The molecule has 1 atom stereocenters. The first-order chi connectivity index (χ1) is 11.0. The van der Waals surface area contributed by atoms with Crippen molar-refractivity contribution < 1.29 is 28.9 Å². The van der Waals surface area contributed by atoms with Gasteiger partial charge in [-0.2, -0.15) is 0 Å². The molecule has 0 aromatic heterocycles. The van der Waals surface area contributed by atoms with Gasteiger partial charge in [0.15, 0.2) is 6.10 Å². The van der Waals surface area contributed by atoms with Crippen molar-refractivity contribution in [1.29, 1.82) is 0 Å². The zero-order valence-corrected chi connectivity index (χ0v) is 12.7. The Morgan fingerprint density at radius 3 is 2.22 bits per heavy atom. The second-order valence-electron chi connectivity index (χ2n) is 4.66. The fourth-order valence-electron chi connectivity index (χ4n) is 1.83. The number of aromatic carboxylic acids is 1. The van der Waals surface area contributed by atoms with Gasteiger partial charge in [0.25, 0.3) is 0 Å². The van der Waals surface area contributed by atoms with E-state index in [2.05, 4.69) is 0 Å². The lowest BCUT2D eigenvalue weighted by molar-refractivity contribution is -0.141. The molecule has 1 N–H and O–H groups in total. The minimum absolute atomic E-state index is 0.0184. The van der Waals surface area contributed by atoms with E-state index in [1.165, 1.54) is 19.1 Å². The fraction of sp³-hybridized carbons (Fsp3) is 0.176. The highest BCUT2D eigenvalue weighted by Crippen LogP contribution is 2.21. The Morgan fingerprint density at radius 1 is 1.00 bits per heavy atom. The summed E-state index contributed by atoms with van der Waals surface area (Å²) in [6.07, 6.45) is -0.898. The highest BCUT2D eigenvalue weighted by Gasteiger charge is 2.20. The third-order valence-corrected chi connectivity index (χ3v) is 3.03. The van der Waals surface area contributed by atoms with Gasteiger partial charge in [0, 0.05) is 0 Å². The summed E-state index contributed by atoms with van der Waals surface area (Å²) >= 11 is 0. The highest BCUT2D eigenvalue weighted by molar-refractivity contribution is 5.92. The second-order valence-corrected chi connectivity index (χ2v) is 4.66. The summed E-state index contributed by atoms with van der Waals surface area (Å²) in [6, 6.07) is 12.6. The number of hydrogen-bond acceptors (Lipinski definition) is 5. The minimum Gasteiger partial charge on any atom is -0.497 e. The summed E-state index contributed by atoms with van der Waals surface area (Å²) in [7, 11) is 1.55. The molecule has 0 fully saturated rings. The molecule has 0 heterocycles. The third-order valence-electron chi connectivity index (χ3n) is 3.03. The molecular weight excluding hydrogens is 300 g/mol. The number of benzene rings is 2. The number of hydrogen-bond donors (Lipinski definition) is 1. The zero-order valence-electron chi connectivity index (χ0n) is 12.7. The molecule has 0 radical (unpaired) electrons. The number of carbonyl (C=O) groups is 2. The van der Waals surface area contributed by atoms with Crippen molar-refractivity contribution >= 4 is 11.9 Å². The first-order valence-corrected chi connectivity index (χ1v) is 6.86. The smallest absolute Gasteiger partial charge is 0.352 e. The minimum atomic E-state index is -1.17. The van der Waals surface area contributed by atoms with Gasteiger partial charge in [-0.3, -0.25) is 0 Å². The van der Waals surface area contributed by atoms with Crippen molar-refractivity contribution in [2.24, 2.45) is 0 Å². The predicted molar refractivity (Wildman–Crippen MR) is 82.1 cm³/mol. The number of ether oxygens (including phenoxy) is 3. The second kappa shape index (κ2) is 7.31. The number of carbonyl (C=O) groups excluding carboxylic acids is 1. The van der Waals surface area contributed by atoms with Crippen molar-refractivity contribution in [3.63, 3.8) is 0 Å². The van der Waals surface area contributed by atoms with Gasteiger partial charge >= 0.3 is 11.9 Å². The molecule has 0 saturated carbocycles. The Bertz CT molecular complexity index is 692. The zero-order chi connectivity index (χ0) is 16.8. The highest BCUT2D eigenvalue weighted by atomic mass is 16.6. The van der Waals surface area contributed by atoms with Crippen molar-refractivity contribution in [3.05, 3.63) is 54.1 Å². The molecule has 0 aliphatic heterocycles. The normalized spacial score (nSPS) is 11.4. The molecule has 0 spiro atoms. The molecule has 0 bridgehead atoms. The molecule has 0 aliphatic carbocycles. The number of carboxylic acids is 1. The maximum Gasteiger partial charge on any atom is 0.352 e. The van der Waals surface area contributed by atoms with Crippen LogP contribution < -0.4 is 14.2 Å². The lowest BCUT2D eigenvalue weighted by Gasteiger charge is -2.14. The van der Waals surface area contributed by atoms with E-state index in [1.807, 2.05) is 0 Å². The lowest BCUT2D eigenvalue weighted by atomic mass is 10.2. The summed E-state index contributed by atoms with van der Waals surface area (Å²) < 4.78 is 15.6. The van der Waals surface area contributed by atoms with Gasteiger partial charge in [0.2, 0.25) is 0 Å². The van der Waals surface area contributed by atoms with Crippen LogP contribution in [0.1, 0.15) is 17.3 Å². The van der Waals surface area contributed by atoms with Crippen molar-refractivity contribution in [3.8, 4) is 17.2 Å². The van der Waals surface area contributed by atoms with Crippen LogP contribution in [-0.4, -0.2) is 30.3 Å². The molecule has 6 heteroatoms. The Balaban J connectivity index is 2.04. The average Bonchev–Trinajstić information content (AvgIpc) is 2.55. The Labute approximate surface area is 133 Å². The topological polar surface area (TPSA) is 82.1 Å². The van der Waals surface area contributed by atoms with E-state index in [1.54, 1.807) is 43.5 Å². The molecule has 6 nitrogen and oxygen atoms in total. The van der Waals surface area contributed by atoms with Crippen molar-refractivity contribution in [2.45, 2.75) is 13.0 Å². The summed E-state index contributed by atoms with van der Waals surface area (Å²) in [4.78, 5) is 23.1. The monoisotopic (exact) mass is 316 g/mol. The molecule has 1 unspecified atom stereocenters. The maximum atomic E-state index is 12.0. The van der Waals surface area contributed by atoms with Gasteiger partial charge in [-0.25, -0.2) is 9.59 Å². The first kappa shape index (κ1) is 16.4. The number of rotatable bonds is 6. The van der Waals surface area contributed by atoms with Crippen molar-refractivity contribution in [2.75, 3.05) is 7.11 Å². The van der Waals surface area contributed by atoms with Crippen LogP contribution in [0.2, 0.25) is 0 Å². The molecule has 0 aliphatic rings. The molecule has 0 amide bonds. The number of esters is 1. The van der Waals surface area contributed by atoms with E-state index in [-0.39, 0.29) is 11.3 Å². The predicted octanol–water partition coefficient (Wildman–Crippen LogP) is 2.77. The van der Waals surface area contributed by atoms with Crippen LogP contribution in [-0.2, 0) is 4.79 Å². The van der Waals surface area contributed by atoms with Crippen LogP contribution in [0.3, 0.4) is 0 Å². The SMILES string of the molecule is COc1ccc(OC(C)C(=O)Oc2ccccc2C(=O)O)cc1. The van der Waals surface area contributed by atoms with Crippen LogP contribution in [0, 0.1) is 0 Å². The van der Waals surface area contributed by atoms with Crippen molar-refractivity contribution in [1.82, 2.24) is 0 Å². The third kappa shape index (κ3) is 4.23. The summed E-state index contributed by atoms with van der Waals surface area (Å²) in [5.41, 5.74) is -0.0857. The standard InChI is InChI=1S/C17H16O6/c1-11(22-13-9-7-12(21-2)8-10-13)17(20)23-15-6-4-3-5-14(15)16(18)19/h3-11H,1-2H3,(H,18,19). The number of carboxylic acid groups (broad SMARTS) is 1. The number of methoxy groups -OCH3 is 1. The van der Waals surface area contributed by atoms with Gasteiger partial charge in [0.05, 0.1) is 7.11 Å². The van der Waals surface area contributed by atoms with Gasteiger partial charge in [-0.1, -0.05) is 12.1 Å². The molecule has 0 saturated heterocycles. The van der Waals surface area contributed by atoms with Crippen LogP contribution in [0.4, 0.5) is 0 Å². The fourth-order valence-corrected chi connectivity index (χ4v) is 1.83. The summed E-state index contributed by atoms with van der Waals surface area (Å²) in [6.45, 7) is 1.52. The van der Waals surface area contributed by atoms with Gasteiger partial charge < -0.3 is 19.3 Å². The van der Waals surface area contributed by atoms with E-state index in [4.69, 9.17) is 19.3 Å². The molecular formula is C17H16O6. The van der Waals surface area contributed by atoms with Gasteiger partial charge in [-0.15, -0.1) is 0 Å². The van der Waals surface area contributed by atoms with Crippen LogP contribution >= 0.6 is 0 Å². The first-order valence-electron chi connectivity index (χ1n) is 6.86. The van der Waals surface area contributed by atoms with E-state index >= 15 is 0 Å². The summed E-state index contributed by atoms with van der Waals surface area (Å²) in [5, 5.41) is 9.07. The molecule has 23 heavy (non-hydrogen) atoms. The molecule has 2 aromatic rings. The average molecular weight is 316 g/mol. The van der Waals surface area contributed by atoms with E-state index < -0.39 is 18.0 Å². The largest absolute Gasteiger partial charge is 0.497 e. The molecule has 2 rings (SSSR count). The Kier molecular flexibility index (Phi) is 5.19. The quantitative estimate of drug-likeness (QED) is 0.652. The van der Waals surface area contributed by atoms with Crippen LogP contribution in [0.25, 0.3) is 0 Å². The summed E-state index contributed by atoms with van der Waals surface area (Å²) in [5.74, 6) is -0.730. The lowest BCUT2D eigenvalue weighted by Crippen LogP contribution is -2.28. The Hall–Kier alpha value is -3.02. The van der Waals surface area contributed by atoms with Crippen LogP contribution in [0.5, 0.6) is 17.2 Å². The van der Waals surface area contributed by atoms with E-state index in [0.717, 1.165) is 0 Å².